The summed E-state index contributed by atoms with van der Waals surface area (Å²) in [4.78, 5) is 12.3. The van der Waals surface area contributed by atoms with Crippen molar-refractivity contribution in [3.05, 3.63) is 57.5 Å². The maximum Gasteiger partial charge on any atom is 0.259 e. The molecule has 0 bridgehead atoms. The van der Waals surface area contributed by atoms with Crippen molar-refractivity contribution in [3.63, 3.8) is 0 Å². The molecule has 19 heavy (non-hydrogen) atoms. The number of halogens is 2. The molecule has 0 aliphatic heterocycles. The highest BCUT2D eigenvalue weighted by Gasteiger charge is 2.09. The smallest absolute Gasteiger partial charge is 0.259 e. The van der Waals surface area contributed by atoms with Crippen LogP contribution in [0.4, 0.5) is 0 Å². The van der Waals surface area contributed by atoms with E-state index in [2.05, 4.69) is 0 Å². The average Bonchev–Trinajstić information content (AvgIpc) is 2.44. The summed E-state index contributed by atoms with van der Waals surface area (Å²) in [7, 11) is 1.60. The molecule has 0 N–H and O–H groups in total. The highest BCUT2D eigenvalue weighted by Crippen LogP contribution is 2.17. The van der Waals surface area contributed by atoms with Gasteiger partial charge < -0.3 is 4.74 Å². The predicted molar refractivity (Wildman–Crippen MR) is 78.0 cm³/mol. The Hall–Kier alpha value is -1.45. The molecule has 2 aromatic rings. The Morgan fingerprint density at radius 1 is 1.21 bits per heavy atom. The summed E-state index contributed by atoms with van der Waals surface area (Å²) in [5, 5.41) is 0.454. The van der Waals surface area contributed by atoms with Crippen LogP contribution in [0.5, 0.6) is 5.75 Å². The van der Waals surface area contributed by atoms with Crippen LogP contribution in [0, 0.1) is 0 Å². The molecule has 2 rings (SSSR count). The third-order valence-electron chi connectivity index (χ3n) is 2.83. The minimum Gasteiger partial charge on any atom is -0.497 e. The maximum absolute atomic E-state index is 12.3. The molecule has 0 aliphatic carbocycles. The van der Waals surface area contributed by atoms with E-state index in [1.807, 2.05) is 12.1 Å². The van der Waals surface area contributed by atoms with Crippen molar-refractivity contribution in [2.45, 2.75) is 6.42 Å². The van der Waals surface area contributed by atoms with Gasteiger partial charge in [-0.15, -0.1) is 11.6 Å². The molecule has 1 aromatic heterocycles. The van der Waals surface area contributed by atoms with Gasteiger partial charge in [0.1, 0.15) is 5.75 Å². The first-order valence-electron chi connectivity index (χ1n) is 5.78. The van der Waals surface area contributed by atoms with Gasteiger partial charge in [-0.1, -0.05) is 11.6 Å². The molecule has 0 spiro atoms. The van der Waals surface area contributed by atoms with Gasteiger partial charge in [0.2, 0.25) is 0 Å². The zero-order chi connectivity index (χ0) is 13.8. The normalized spacial score (nSPS) is 10.5. The first-order chi connectivity index (χ1) is 9.17. The van der Waals surface area contributed by atoms with E-state index in [1.54, 1.807) is 36.1 Å². The number of aromatic nitrogens is 1. The summed E-state index contributed by atoms with van der Waals surface area (Å²) in [5.41, 5.74) is 1.16. The third kappa shape index (κ3) is 2.94. The van der Waals surface area contributed by atoms with Gasteiger partial charge in [-0.25, -0.2) is 0 Å². The lowest BCUT2D eigenvalue weighted by molar-refractivity contribution is 0.414. The van der Waals surface area contributed by atoms with Gasteiger partial charge in [-0.05, 0) is 36.8 Å². The van der Waals surface area contributed by atoms with Gasteiger partial charge in [-0.2, -0.15) is 0 Å². The SMILES string of the molecule is COc1ccc(-n2ccc(Cl)c(CCCl)c2=O)cc1. The maximum atomic E-state index is 12.3. The lowest BCUT2D eigenvalue weighted by atomic mass is 10.2. The van der Waals surface area contributed by atoms with Crippen LogP contribution in [0.25, 0.3) is 5.69 Å². The quantitative estimate of drug-likeness (QED) is 0.811. The van der Waals surface area contributed by atoms with Crippen molar-refractivity contribution in [1.29, 1.82) is 0 Å². The van der Waals surface area contributed by atoms with Crippen LogP contribution in [-0.2, 0) is 6.42 Å². The molecular formula is C14H13Cl2NO2. The second kappa shape index (κ2) is 6.13. The number of alkyl halides is 1. The predicted octanol–water partition coefficient (Wildman–Crippen LogP) is 3.28. The number of methoxy groups -OCH3 is 1. The fraction of sp³-hybridized carbons (Fsp3) is 0.214. The Bertz CT molecular complexity index is 620. The Balaban J connectivity index is 2.50. The van der Waals surface area contributed by atoms with Crippen molar-refractivity contribution in [2.75, 3.05) is 13.0 Å². The topological polar surface area (TPSA) is 31.2 Å². The molecule has 0 atom stereocenters. The third-order valence-corrected chi connectivity index (χ3v) is 3.37. The monoisotopic (exact) mass is 297 g/mol. The fourth-order valence-electron chi connectivity index (χ4n) is 1.82. The summed E-state index contributed by atoms with van der Waals surface area (Å²) < 4.78 is 6.64. The summed E-state index contributed by atoms with van der Waals surface area (Å²) >= 11 is 11.7. The number of nitrogens with zero attached hydrogens (tertiary/aromatic N) is 1. The molecule has 3 nitrogen and oxygen atoms in total. The molecule has 0 unspecified atom stereocenters. The molecule has 5 heteroatoms. The summed E-state index contributed by atoms with van der Waals surface area (Å²) in [6, 6.07) is 8.95. The standard InChI is InChI=1S/C14H13Cl2NO2/c1-19-11-4-2-10(3-5-11)17-9-7-13(16)12(6-8-15)14(17)18/h2-5,7,9H,6,8H2,1H3. The molecule has 0 saturated heterocycles. The van der Waals surface area contributed by atoms with E-state index in [9.17, 15) is 4.79 Å². The van der Waals surface area contributed by atoms with Crippen molar-refractivity contribution in [2.24, 2.45) is 0 Å². The van der Waals surface area contributed by atoms with Gasteiger partial charge in [-0.3, -0.25) is 9.36 Å². The van der Waals surface area contributed by atoms with Crippen LogP contribution >= 0.6 is 23.2 Å². The van der Waals surface area contributed by atoms with E-state index in [1.165, 1.54) is 0 Å². The summed E-state index contributed by atoms with van der Waals surface area (Å²) in [6.45, 7) is 0. The van der Waals surface area contributed by atoms with E-state index < -0.39 is 0 Å². The molecule has 1 aromatic carbocycles. The lowest BCUT2D eigenvalue weighted by Gasteiger charge is -2.09. The number of benzene rings is 1. The van der Waals surface area contributed by atoms with Crippen LogP contribution in [0.2, 0.25) is 5.02 Å². The van der Waals surface area contributed by atoms with Crippen LogP contribution in [0.3, 0.4) is 0 Å². The molecule has 0 saturated carbocycles. The number of hydrogen-bond donors (Lipinski definition) is 0. The average molecular weight is 298 g/mol. The van der Waals surface area contributed by atoms with Gasteiger partial charge >= 0.3 is 0 Å². The van der Waals surface area contributed by atoms with E-state index in [0.29, 0.717) is 22.9 Å². The fourth-order valence-corrected chi connectivity index (χ4v) is 2.24. The Morgan fingerprint density at radius 2 is 1.89 bits per heavy atom. The van der Waals surface area contributed by atoms with Gasteiger partial charge in [0, 0.05) is 23.3 Å². The first kappa shape index (κ1) is 14.0. The zero-order valence-corrected chi connectivity index (χ0v) is 11.9. The number of rotatable bonds is 4. The highest BCUT2D eigenvalue weighted by atomic mass is 35.5. The van der Waals surface area contributed by atoms with Crippen LogP contribution in [0.15, 0.2) is 41.3 Å². The highest BCUT2D eigenvalue weighted by molar-refractivity contribution is 6.31. The summed E-state index contributed by atoms with van der Waals surface area (Å²) in [6.07, 6.45) is 2.11. The summed E-state index contributed by atoms with van der Waals surface area (Å²) in [5.74, 6) is 1.11. The van der Waals surface area contributed by atoms with Crippen molar-refractivity contribution in [1.82, 2.24) is 4.57 Å². The van der Waals surface area contributed by atoms with Gasteiger partial charge in [0.05, 0.1) is 12.1 Å². The number of pyridine rings is 1. The Kier molecular flexibility index (Phi) is 4.51. The minimum atomic E-state index is -0.140. The molecule has 1 heterocycles. The second-order valence-electron chi connectivity index (χ2n) is 3.95. The largest absolute Gasteiger partial charge is 0.497 e. The van der Waals surface area contributed by atoms with Crippen LogP contribution in [-0.4, -0.2) is 17.6 Å². The van der Waals surface area contributed by atoms with Crippen molar-refractivity contribution in [3.8, 4) is 11.4 Å². The van der Waals surface area contributed by atoms with Crippen molar-refractivity contribution < 1.29 is 4.74 Å². The minimum absolute atomic E-state index is 0.140. The van der Waals surface area contributed by atoms with Crippen molar-refractivity contribution >= 4 is 23.2 Å². The molecule has 0 fully saturated rings. The Labute approximate surface area is 121 Å². The molecule has 0 radical (unpaired) electrons. The molecule has 0 aliphatic rings. The van der Waals surface area contributed by atoms with E-state index in [0.717, 1.165) is 11.4 Å². The molecule has 0 amide bonds. The van der Waals surface area contributed by atoms with Gasteiger partial charge in [0.15, 0.2) is 0 Å². The molecular weight excluding hydrogens is 285 g/mol. The zero-order valence-electron chi connectivity index (χ0n) is 10.4. The number of hydrogen-bond acceptors (Lipinski definition) is 2. The van der Waals surface area contributed by atoms with Crippen LogP contribution < -0.4 is 10.3 Å². The number of ether oxygens (including phenoxy) is 1. The van der Waals surface area contributed by atoms with E-state index >= 15 is 0 Å². The second-order valence-corrected chi connectivity index (χ2v) is 4.74. The lowest BCUT2D eigenvalue weighted by Crippen LogP contribution is -2.22. The molecule has 100 valence electrons. The Morgan fingerprint density at radius 3 is 2.47 bits per heavy atom. The van der Waals surface area contributed by atoms with Crippen LogP contribution in [0.1, 0.15) is 5.56 Å². The van der Waals surface area contributed by atoms with Gasteiger partial charge in [0.25, 0.3) is 5.56 Å². The first-order valence-corrected chi connectivity index (χ1v) is 6.69. The van der Waals surface area contributed by atoms with E-state index in [-0.39, 0.29) is 5.56 Å². The van der Waals surface area contributed by atoms with E-state index in [4.69, 9.17) is 27.9 Å².